The molecule has 0 aromatic heterocycles. The zero-order valence-electron chi connectivity index (χ0n) is 16.9. The van der Waals surface area contributed by atoms with Crippen LogP contribution in [0, 0.1) is 13.8 Å². The number of thioether (sulfide) groups is 1. The summed E-state index contributed by atoms with van der Waals surface area (Å²) in [6, 6.07) is 13.4. The molecular formula is C22H26N2O4S. The predicted molar refractivity (Wildman–Crippen MR) is 116 cm³/mol. The third kappa shape index (κ3) is 7.27. The highest BCUT2D eigenvalue weighted by Crippen LogP contribution is 2.14. The molecular weight excluding hydrogens is 388 g/mol. The molecule has 0 spiro atoms. The molecule has 2 amide bonds. The van der Waals surface area contributed by atoms with Crippen molar-refractivity contribution in [1.29, 1.82) is 0 Å². The van der Waals surface area contributed by atoms with Crippen LogP contribution in [0.2, 0.25) is 0 Å². The maximum absolute atomic E-state index is 12.4. The highest BCUT2D eigenvalue weighted by molar-refractivity contribution is 7.98. The Morgan fingerprint density at radius 2 is 1.76 bits per heavy atom. The molecule has 0 saturated heterocycles. The Kier molecular flexibility index (Phi) is 8.73. The molecule has 6 nitrogen and oxygen atoms in total. The van der Waals surface area contributed by atoms with E-state index in [0.717, 1.165) is 11.1 Å². The zero-order valence-corrected chi connectivity index (χ0v) is 17.7. The van der Waals surface area contributed by atoms with Crippen LogP contribution in [-0.2, 0) is 14.3 Å². The van der Waals surface area contributed by atoms with Crippen molar-refractivity contribution >= 4 is 35.2 Å². The molecule has 0 bridgehead atoms. The van der Waals surface area contributed by atoms with Gasteiger partial charge in [0, 0.05) is 11.3 Å². The topological polar surface area (TPSA) is 84.5 Å². The van der Waals surface area contributed by atoms with Crippen LogP contribution in [0.15, 0.2) is 48.5 Å². The summed E-state index contributed by atoms with van der Waals surface area (Å²) in [6.07, 6.45) is 2.33. The van der Waals surface area contributed by atoms with Gasteiger partial charge < -0.3 is 15.4 Å². The van der Waals surface area contributed by atoms with E-state index in [9.17, 15) is 14.4 Å². The maximum Gasteiger partial charge on any atom is 0.329 e. The Labute approximate surface area is 175 Å². The van der Waals surface area contributed by atoms with Crippen molar-refractivity contribution in [3.05, 3.63) is 65.2 Å². The van der Waals surface area contributed by atoms with E-state index >= 15 is 0 Å². The first-order valence-corrected chi connectivity index (χ1v) is 10.7. The Morgan fingerprint density at radius 3 is 2.41 bits per heavy atom. The van der Waals surface area contributed by atoms with Gasteiger partial charge in [0.2, 0.25) is 0 Å². The molecule has 2 N–H and O–H groups in total. The van der Waals surface area contributed by atoms with Gasteiger partial charge in [-0.3, -0.25) is 9.59 Å². The monoisotopic (exact) mass is 414 g/mol. The number of carbonyl (C=O) groups is 3. The average molecular weight is 415 g/mol. The Balaban J connectivity index is 1.91. The molecule has 2 aromatic rings. The van der Waals surface area contributed by atoms with Gasteiger partial charge in [0.15, 0.2) is 6.61 Å². The van der Waals surface area contributed by atoms with Crippen LogP contribution in [0.3, 0.4) is 0 Å². The smallest absolute Gasteiger partial charge is 0.329 e. The van der Waals surface area contributed by atoms with E-state index in [1.165, 1.54) is 0 Å². The number of benzene rings is 2. The number of ether oxygens (including phenoxy) is 1. The summed E-state index contributed by atoms with van der Waals surface area (Å²) in [5, 5.41) is 5.40. The van der Waals surface area contributed by atoms with Gasteiger partial charge in [-0.1, -0.05) is 24.3 Å². The molecule has 29 heavy (non-hydrogen) atoms. The largest absolute Gasteiger partial charge is 0.454 e. The second-order valence-corrected chi connectivity index (χ2v) is 7.61. The number of amides is 2. The van der Waals surface area contributed by atoms with Crippen LogP contribution in [0.4, 0.5) is 5.69 Å². The number of aryl methyl sites for hydroxylation is 2. The summed E-state index contributed by atoms with van der Waals surface area (Å²) in [6.45, 7) is 3.53. The minimum atomic E-state index is -0.815. The Hall–Kier alpha value is -2.80. The van der Waals surface area contributed by atoms with Crippen molar-refractivity contribution in [2.75, 3.05) is 23.9 Å². The first-order chi connectivity index (χ1) is 13.9. The first kappa shape index (κ1) is 22.5. The molecule has 0 aliphatic carbocycles. The van der Waals surface area contributed by atoms with Gasteiger partial charge in [0.1, 0.15) is 6.04 Å². The third-order valence-corrected chi connectivity index (χ3v) is 5.02. The summed E-state index contributed by atoms with van der Waals surface area (Å²) in [4.78, 5) is 36.9. The maximum atomic E-state index is 12.4. The van der Waals surface area contributed by atoms with Crippen molar-refractivity contribution in [2.45, 2.75) is 26.3 Å². The lowest BCUT2D eigenvalue weighted by Gasteiger charge is -2.17. The van der Waals surface area contributed by atoms with E-state index in [2.05, 4.69) is 10.6 Å². The summed E-state index contributed by atoms with van der Waals surface area (Å²) in [7, 11) is 0. The normalized spacial score (nSPS) is 11.4. The van der Waals surface area contributed by atoms with E-state index in [-0.39, 0.29) is 5.91 Å². The highest BCUT2D eigenvalue weighted by atomic mass is 32.2. The van der Waals surface area contributed by atoms with Gasteiger partial charge in [-0.2, -0.15) is 11.8 Å². The second-order valence-electron chi connectivity index (χ2n) is 6.63. The number of hydrogen-bond acceptors (Lipinski definition) is 5. The zero-order chi connectivity index (χ0) is 21.2. The predicted octanol–water partition coefficient (Wildman–Crippen LogP) is 3.34. The van der Waals surface area contributed by atoms with Crippen LogP contribution in [0.1, 0.15) is 27.9 Å². The molecule has 0 aliphatic heterocycles. The number of carbonyl (C=O) groups excluding carboxylic acids is 3. The molecule has 2 rings (SSSR count). The molecule has 7 heteroatoms. The molecule has 0 fully saturated rings. The van der Waals surface area contributed by atoms with Crippen molar-refractivity contribution in [1.82, 2.24) is 5.32 Å². The van der Waals surface area contributed by atoms with E-state index in [0.29, 0.717) is 23.4 Å². The Morgan fingerprint density at radius 1 is 1.03 bits per heavy atom. The average Bonchev–Trinajstić information content (AvgIpc) is 2.72. The molecule has 154 valence electrons. The van der Waals surface area contributed by atoms with Gasteiger partial charge in [0.25, 0.3) is 11.8 Å². The number of rotatable bonds is 9. The SMILES string of the molecule is CSCC[C@@H](NC(=O)c1ccccc1)C(=O)OCC(=O)Nc1ccc(C)c(C)c1. The fourth-order valence-corrected chi connectivity index (χ4v) is 3.04. The number of anilines is 1. The van der Waals surface area contributed by atoms with Crippen LogP contribution in [-0.4, -0.2) is 42.4 Å². The van der Waals surface area contributed by atoms with Crippen LogP contribution in [0.5, 0.6) is 0 Å². The molecule has 0 aliphatic rings. The van der Waals surface area contributed by atoms with Crippen molar-refractivity contribution < 1.29 is 19.1 Å². The lowest BCUT2D eigenvalue weighted by atomic mass is 10.1. The molecule has 2 aromatic carbocycles. The summed E-state index contributed by atoms with van der Waals surface area (Å²) >= 11 is 1.56. The summed E-state index contributed by atoms with van der Waals surface area (Å²) in [5.74, 6) is -0.740. The van der Waals surface area contributed by atoms with E-state index in [4.69, 9.17) is 4.74 Å². The Bertz CT molecular complexity index is 855. The van der Waals surface area contributed by atoms with Gasteiger partial charge in [-0.15, -0.1) is 0 Å². The lowest BCUT2D eigenvalue weighted by Crippen LogP contribution is -2.43. The van der Waals surface area contributed by atoms with E-state index in [1.807, 2.05) is 38.3 Å². The van der Waals surface area contributed by atoms with Crippen molar-refractivity contribution in [2.24, 2.45) is 0 Å². The summed E-state index contributed by atoms with van der Waals surface area (Å²) < 4.78 is 5.15. The third-order valence-electron chi connectivity index (χ3n) is 4.37. The molecule has 0 radical (unpaired) electrons. The number of esters is 1. The minimum Gasteiger partial charge on any atom is -0.454 e. The fourth-order valence-electron chi connectivity index (χ4n) is 2.57. The quantitative estimate of drug-likeness (QED) is 0.615. The van der Waals surface area contributed by atoms with Gasteiger partial charge in [-0.05, 0) is 67.7 Å². The van der Waals surface area contributed by atoms with Gasteiger partial charge in [-0.25, -0.2) is 4.79 Å². The van der Waals surface area contributed by atoms with E-state index in [1.54, 1.807) is 42.1 Å². The standard InChI is InChI=1S/C22H26N2O4S/c1-15-9-10-18(13-16(15)2)23-20(25)14-28-22(27)19(11-12-29-3)24-21(26)17-7-5-4-6-8-17/h4-10,13,19H,11-12,14H2,1-3H3,(H,23,25)(H,24,26)/t19-/m1/s1. The highest BCUT2D eigenvalue weighted by Gasteiger charge is 2.23. The minimum absolute atomic E-state index is 0.353. The molecule has 0 unspecified atom stereocenters. The second kappa shape index (κ2) is 11.3. The van der Waals surface area contributed by atoms with Crippen LogP contribution >= 0.6 is 11.8 Å². The molecule has 0 heterocycles. The number of hydrogen-bond donors (Lipinski definition) is 2. The van der Waals surface area contributed by atoms with Gasteiger partial charge in [0.05, 0.1) is 0 Å². The van der Waals surface area contributed by atoms with Gasteiger partial charge >= 0.3 is 5.97 Å². The van der Waals surface area contributed by atoms with Crippen molar-refractivity contribution in [3.8, 4) is 0 Å². The van der Waals surface area contributed by atoms with E-state index < -0.39 is 24.5 Å². The van der Waals surface area contributed by atoms with Crippen molar-refractivity contribution in [3.63, 3.8) is 0 Å². The summed E-state index contributed by atoms with van der Waals surface area (Å²) in [5.41, 5.74) is 3.29. The first-order valence-electron chi connectivity index (χ1n) is 9.29. The number of nitrogens with one attached hydrogen (secondary N) is 2. The molecule has 0 saturated carbocycles. The molecule has 1 atom stereocenters. The van der Waals surface area contributed by atoms with Crippen LogP contribution < -0.4 is 10.6 Å². The fraction of sp³-hybridized carbons (Fsp3) is 0.318. The lowest BCUT2D eigenvalue weighted by molar-refractivity contribution is -0.149. The van der Waals surface area contributed by atoms with Crippen LogP contribution in [0.25, 0.3) is 0 Å².